The number of carboxylic acids is 1. The summed E-state index contributed by atoms with van der Waals surface area (Å²) < 4.78 is 25.6. The average molecular weight is 300 g/mol. The van der Waals surface area contributed by atoms with E-state index in [-0.39, 0.29) is 30.0 Å². The molecule has 110 valence electrons. The van der Waals surface area contributed by atoms with Crippen molar-refractivity contribution in [3.8, 4) is 0 Å². The number of sulfonamides is 1. The van der Waals surface area contributed by atoms with E-state index in [4.69, 9.17) is 10.8 Å². The molecule has 1 rings (SSSR count). The van der Waals surface area contributed by atoms with Gasteiger partial charge < -0.3 is 10.8 Å². The summed E-state index contributed by atoms with van der Waals surface area (Å²) in [5.74, 6) is -1.71. The number of nitrogens with zero attached hydrogens (tertiary/aromatic N) is 1. The van der Waals surface area contributed by atoms with Gasteiger partial charge in [-0.3, -0.25) is 9.59 Å². The van der Waals surface area contributed by atoms with Crippen LogP contribution in [0.15, 0.2) is 29.2 Å². The van der Waals surface area contributed by atoms with E-state index in [1.807, 2.05) is 0 Å². The Morgan fingerprint density at radius 2 is 1.80 bits per heavy atom. The molecule has 0 aromatic heterocycles. The molecule has 0 saturated heterocycles. The highest BCUT2D eigenvalue weighted by Gasteiger charge is 2.23. The molecular weight excluding hydrogens is 284 g/mol. The van der Waals surface area contributed by atoms with Gasteiger partial charge >= 0.3 is 5.97 Å². The van der Waals surface area contributed by atoms with Crippen LogP contribution in [0.25, 0.3) is 0 Å². The molecule has 0 aliphatic rings. The van der Waals surface area contributed by atoms with Crippen LogP contribution >= 0.6 is 0 Å². The Labute approximate surface area is 117 Å². The standard InChI is InChI=1S/C12H16N2O5S/c1-2-14(8-7-11(15)16)20(18,19)10-5-3-9(4-6-10)12(13)17/h3-6H,2,7-8H2,1H3,(H2,13,17)(H,15,16). The number of carbonyl (C=O) groups is 2. The summed E-state index contributed by atoms with van der Waals surface area (Å²) in [5.41, 5.74) is 5.28. The van der Waals surface area contributed by atoms with E-state index in [2.05, 4.69) is 0 Å². The molecule has 1 amide bonds. The van der Waals surface area contributed by atoms with E-state index in [1.54, 1.807) is 6.92 Å². The largest absolute Gasteiger partial charge is 0.481 e. The van der Waals surface area contributed by atoms with Gasteiger partial charge in [0.25, 0.3) is 0 Å². The highest BCUT2D eigenvalue weighted by Crippen LogP contribution is 2.16. The van der Waals surface area contributed by atoms with Gasteiger partial charge in [0.15, 0.2) is 0 Å². The number of nitrogens with two attached hydrogens (primary N) is 1. The van der Waals surface area contributed by atoms with Gasteiger partial charge in [0.05, 0.1) is 11.3 Å². The minimum absolute atomic E-state index is 0.00487. The lowest BCUT2D eigenvalue weighted by Crippen LogP contribution is -2.33. The Morgan fingerprint density at radius 3 is 2.20 bits per heavy atom. The van der Waals surface area contributed by atoms with Crippen LogP contribution in [0.1, 0.15) is 23.7 Å². The first-order valence-electron chi connectivity index (χ1n) is 5.91. The summed E-state index contributed by atoms with van der Waals surface area (Å²) in [6.07, 6.45) is -0.271. The Balaban J connectivity index is 3.01. The van der Waals surface area contributed by atoms with Crippen LogP contribution in [-0.2, 0) is 14.8 Å². The van der Waals surface area contributed by atoms with Crippen LogP contribution in [0.2, 0.25) is 0 Å². The normalized spacial score (nSPS) is 11.5. The first-order valence-corrected chi connectivity index (χ1v) is 7.35. The Hall–Kier alpha value is -1.93. The van der Waals surface area contributed by atoms with Crippen molar-refractivity contribution in [3.05, 3.63) is 29.8 Å². The van der Waals surface area contributed by atoms with Crippen molar-refractivity contribution >= 4 is 21.9 Å². The molecule has 0 aliphatic heterocycles. The van der Waals surface area contributed by atoms with E-state index < -0.39 is 21.9 Å². The maximum atomic E-state index is 12.3. The second-order valence-electron chi connectivity index (χ2n) is 4.03. The Morgan fingerprint density at radius 1 is 1.25 bits per heavy atom. The number of primary amides is 1. The van der Waals surface area contributed by atoms with Gasteiger partial charge in [0, 0.05) is 18.7 Å². The van der Waals surface area contributed by atoms with Crippen LogP contribution < -0.4 is 5.73 Å². The molecule has 8 heteroatoms. The molecule has 0 spiro atoms. The lowest BCUT2D eigenvalue weighted by atomic mass is 10.2. The van der Waals surface area contributed by atoms with Crippen molar-refractivity contribution in [3.63, 3.8) is 0 Å². The topological polar surface area (TPSA) is 118 Å². The van der Waals surface area contributed by atoms with Crippen molar-refractivity contribution in [1.29, 1.82) is 0 Å². The fourth-order valence-corrected chi connectivity index (χ4v) is 3.06. The zero-order chi connectivity index (χ0) is 15.3. The molecule has 0 aliphatic carbocycles. The first-order chi connectivity index (χ1) is 9.28. The molecule has 3 N–H and O–H groups in total. The molecule has 0 bridgehead atoms. The predicted molar refractivity (Wildman–Crippen MR) is 71.6 cm³/mol. The minimum Gasteiger partial charge on any atom is -0.481 e. The number of carboxylic acid groups (broad SMARTS) is 1. The summed E-state index contributed by atoms with van der Waals surface area (Å²) in [5, 5.41) is 8.62. The molecule has 7 nitrogen and oxygen atoms in total. The van der Waals surface area contributed by atoms with Gasteiger partial charge in [0.2, 0.25) is 15.9 Å². The van der Waals surface area contributed by atoms with Gasteiger partial charge in [0.1, 0.15) is 0 Å². The first kappa shape index (κ1) is 16.1. The SMILES string of the molecule is CCN(CCC(=O)O)S(=O)(=O)c1ccc(C(N)=O)cc1. The lowest BCUT2D eigenvalue weighted by Gasteiger charge is -2.19. The molecule has 0 saturated carbocycles. The van der Waals surface area contributed by atoms with Crippen molar-refractivity contribution in [1.82, 2.24) is 4.31 Å². The van der Waals surface area contributed by atoms with E-state index in [0.29, 0.717) is 0 Å². The fraction of sp³-hybridized carbons (Fsp3) is 0.333. The number of carbonyl (C=O) groups excluding carboxylic acids is 1. The molecule has 20 heavy (non-hydrogen) atoms. The summed E-state index contributed by atoms with van der Waals surface area (Å²) in [6.45, 7) is 1.68. The average Bonchev–Trinajstić information content (AvgIpc) is 2.38. The Kier molecular flexibility index (Phi) is 5.23. The van der Waals surface area contributed by atoms with Gasteiger partial charge in [-0.15, -0.1) is 0 Å². The van der Waals surface area contributed by atoms with E-state index >= 15 is 0 Å². The zero-order valence-corrected chi connectivity index (χ0v) is 11.8. The molecule has 0 unspecified atom stereocenters. The van der Waals surface area contributed by atoms with Crippen molar-refractivity contribution in [2.24, 2.45) is 5.73 Å². The van der Waals surface area contributed by atoms with Crippen molar-refractivity contribution in [2.45, 2.75) is 18.2 Å². The van der Waals surface area contributed by atoms with Crippen LogP contribution in [0.4, 0.5) is 0 Å². The van der Waals surface area contributed by atoms with Gasteiger partial charge in [-0.05, 0) is 24.3 Å². The molecule has 0 heterocycles. The summed E-state index contributed by atoms with van der Waals surface area (Å²) in [4.78, 5) is 21.5. The van der Waals surface area contributed by atoms with E-state index in [1.165, 1.54) is 24.3 Å². The van der Waals surface area contributed by atoms with Gasteiger partial charge in [-0.2, -0.15) is 4.31 Å². The van der Waals surface area contributed by atoms with E-state index in [0.717, 1.165) is 4.31 Å². The van der Waals surface area contributed by atoms with Gasteiger partial charge in [-0.25, -0.2) is 8.42 Å². The Bertz CT molecular complexity index is 595. The molecule has 0 radical (unpaired) electrons. The highest BCUT2D eigenvalue weighted by molar-refractivity contribution is 7.89. The van der Waals surface area contributed by atoms with Crippen LogP contribution in [-0.4, -0.2) is 42.8 Å². The second-order valence-corrected chi connectivity index (χ2v) is 5.97. The molecule has 1 aromatic rings. The lowest BCUT2D eigenvalue weighted by molar-refractivity contribution is -0.137. The maximum absolute atomic E-state index is 12.3. The van der Waals surface area contributed by atoms with E-state index in [9.17, 15) is 18.0 Å². The third-order valence-electron chi connectivity index (χ3n) is 2.70. The number of hydrogen-bond acceptors (Lipinski definition) is 4. The van der Waals surface area contributed by atoms with Crippen molar-refractivity contribution in [2.75, 3.05) is 13.1 Å². The highest BCUT2D eigenvalue weighted by atomic mass is 32.2. The maximum Gasteiger partial charge on any atom is 0.304 e. The number of amides is 1. The van der Waals surface area contributed by atoms with Crippen LogP contribution in [0.5, 0.6) is 0 Å². The quantitative estimate of drug-likeness (QED) is 0.749. The molecule has 0 fully saturated rings. The van der Waals surface area contributed by atoms with Crippen molar-refractivity contribution < 1.29 is 23.1 Å². The predicted octanol–water partition coefficient (Wildman–Crippen LogP) is 0.271. The third-order valence-corrected chi connectivity index (χ3v) is 4.69. The summed E-state index contributed by atoms with van der Waals surface area (Å²) >= 11 is 0. The number of rotatable bonds is 7. The summed E-state index contributed by atoms with van der Waals surface area (Å²) in [7, 11) is -3.77. The second kappa shape index (κ2) is 6.49. The number of hydrogen-bond donors (Lipinski definition) is 2. The number of aliphatic carboxylic acids is 1. The zero-order valence-electron chi connectivity index (χ0n) is 10.9. The molecular formula is C12H16N2O5S. The number of benzene rings is 1. The molecule has 1 aromatic carbocycles. The smallest absolute Gasteiger partial charge is 0.304 e. The van der Waals surface area contributed by atoms with Crippen LogP contribution in [0, 0.1) is 0 Å². The fourth-order valence-electron chi connectivity index (χ4n) is 1.61. The molecule has 0 atom stereocenters. The summed E-state index contributed by atoms with van der Waals surface area (Å²) in [6, 6.07) is 5.19. The minimum atomic E-state index is -3.77. The van der Waals surface area contributed by atoms with Crippen LogP contribution in [0.3, 0.4) is 0 Å². The third kappa shape index (κ3) is 3.78. The monoisotopic (exact) mass is 300 g/mol. The van der Waals surface area contributed by atoms with Gasteiger partial charge in [-0.1, -0.05) is 6.92 Å².